The van der Waals surface area contributed by atoms with Crippen molar-refractivity contribution in [1.29, 1.82) is 0 Å². The fourth-order valence-electron chi connectivity index (χ4n) is 2.36. The Kier molecular flexibility index (Phi) is 5.46. The van der Waals surface area contributed by atoms with E-state index in [-0.39, 0.29) is 5.91 Å². The van der Waals surface area contributed by atoms with Crippen molar-refractivity contribution < 1.29 is 13.6 Å². The van der Waals surface area contributed by atoms with Gasteiger partial charge in [-0.1, -0.05) is 29.8 Å². The van der Waals surface area contributed by atoms with Gasteiger partial charge in [-0.3, -0.25) is 4.79 Å². The van der Waals surface area contributed by atoms with Crippen LogP contribution in [0, 0.1) is 11.6 Å². The van der Waals surface area contributed by atoms with Crippen LogP contribution in [0.25, 0.3) is 10.4 Å². The number of carbonyl (C=O) groups excluding carboxylic acids is 1. The molecule has 128 valence electrons. The van der Waals surface area contributed by atoms with Gasteiger partial charge in [0.15, 0.2) is 11.6 Å². The molecule has 1 amide bonds. The Bertz CT molecular complexity index is 910. The summed E-state index contributed by atoms with van der Waals surface area (Å²) in [5, 5.41) is 3.51. The van der Waals surface area contributed by atoms with E-state index in [1.165, 1.54) is 17.4 Å². The molecule has 0 atom stereocenters. The SMILES string of the molecule is O=C(NCCc1cccc(Cl)c1)c1ccc(-c2ccc(F)c(F)c2)s1. The van der Waals surface area contributed by atoms with E-state index in [1.54, 1.807) is 18.2 Å². The first-order valence-electron chi connectivity index (χ1n) is 7.61. The van der Waals surface area contributed by atoms with Crippen molar-refractivity contribution in [3.63, 3.8) is 0 Å². The van der Waals surface area contributed by atoms with Crippen molar-refractivity contribution in [2.45, 2.75) is 6.42 Å². The van der Waals surface area contributed by atoms with E-state index >= 15 is 0 Å². The van der Waals surface area contributed by atoms with E-state index in [1.807, 2.05) is 18.2 Å². The van der Waals surface area contributed by atoms with Crippen LogP contribution in [-0.4, -0.2) is 12.5 Å². The van der Waals surface area contributed by atoms with Gasteiger partial charge >= 0.3 is 0 Å². The van der Waals surface area contributed by atoms with Gasteiger partial charge in [-0.25, -0.2) is 8.78 Å². The van der Waals surface area contributed by atoms with Gasteiger partial charge in [0.25, 0.3) is 5.91 Å². The maximum atomic E-state index is 13.3. The zero-order chi connectivity index (χ0) is 17.8. The van der Waals surface area contributed by atoms with E-state index in [4.69, 9.17) is 11.6 Å². The highest BCUT2D eigenvalue weighted by Gasteiger charge is 2.11. The van der Waals surface area contributed by atoms with Crippen LogP contribution >= 0.6 is 22.9 Å². The van der Waals surface area contributed by atoms with Gasteiger partial charge in [-0.05, 0) is 53.9 Å². The summed E-state index contributed by atoms with van der Waals surface area (Å²) in [6.07, 6.45) is 0.674. The van der Waals surface area contributed by atoms with Gasteiger partial charge in [-0.2, -0.15) is 0 Å². The number of nitrogens with one attached hydrogen (secondary N) is 1. The quantitative estimate of drug-likeness (QED) is 0.640. The second-order valence-electron chi connectivity index (χ2n) is 5.43. The summed E-state index contributed by atoms with van der Waals surface area (Å²) in [5.74, 6) is -1.99. The summed E-state index contributed by atoms with van der Waals surface area (Å²) in [6, 6.07) is 14.6. The maximum absolute atomic E-state index is 13.3. The second-order valence-corrected chi connectivity index (χ2v) is 6.95. The van der Waals surface area contributed by atoms with Crippen LogP contribution in [0.15, 0.2) is 54.6 Å². The minimum atomic E-state index is -0.904. The van der Waals surface area contributed by atoms with E-state index in [0.29, 0.717) is 33.3 Å². The van der Waals surface area contributed by atoms with Crippen molar-refractivity contribution in [2.75, 3.05) is 6.54 Å². The summed E-state index contributed by atoms with van der Waals surface area (Å²) < 4.78 is 26.3. The molecule has 6 heteroatoms. The largest absolute Gasteiger partial charge is 0.351 e. The monoisotopic (exact) mass is 377 g/mol. The number of thiophene rings is 1. The number of hydrogen-bond acceptors (Lipinski definition) is 2. The lowest BCUT2D eigenvalue weighted by Gasteiger charge is -2.04. The molecule has 0 aliphatic carbocycles. The molecule has 0 saturated heterocycles. The van der Waals surface area contributed by atoms with E-state index in [9.17, 15) is 13.6 Å². The van der Waals surface area contributed by atoms with Crippen LogP contribution in [0.1, 0.15) is 15.2 Å². The molecule has 0 fully saturated rings. The Morgan fingerprint density at radius 3 is 2.64 bits per heavy atom. The highest BCUT2D eigenvalue weighted by Crippen LogP contribution is 2.29. The lowest BCUT2D eigenvalue weighted by atomic mass is 10.1. The zero-order valence-corrected chi connectivity index (χ0v) is 14.6. The number of carbonyl (C=O) groups is 1. The fourth-order valence-corrected chi connectivity index (χ4v) is 3.50. The van der Waals surface area contributed by atoms with Crippen LogP contribution in [0.4, 0.5) is 8.78 Å². The van der Waals surface area contributed by atoms with E-state index in [0.717, 1.165) is 17.7 Å². The molecular formula is C19H14ClF2NOS. The predicted octanol–water partition coefficient (Wildman–Crippen LogP) is 5.32. The third-order valence-electron chi connectivity index (χ3n) is 3.62. The highest BCUT2D eigenvalue weighted by atomic mass is 35.5. The van der Waals surface area contributed by atoms with Crippen LogP contribution in [0.2, 0.25) is 5.02 Å². The van der Waals surface area contributed by atoms with Gasteiger partial charge in [0.1, 0.15) is 0 Å². The standard InChI is InChI=1S/C19H14ClF2NOS/c20-14-3-1-2-12(10-14)8-9-23-19(24)18-7-6-17(25-18)13-4-5-15(21)16(22)11-13/h1-7,10-11H,8-9H2,(H,23,24). The first kappa shape index (κ1) is 17.6. The molecule has 1 heterocycles. The molecule has 0 saturated carbocycles. The molecule has 0 aliphatic rings. The molecular weight excluding hydrogens is 364 g/mol. The van der Waals surface area contributed by atoms with Crippen LogP contribution < -0.4 is 5.32 Å². The van der Waals surface area contributed by atoms with Gasteiger partial charge in [0.2, 0.25) is 0 Å². The molecule has 0 unspecified atom stereocenters. The lowest BCUT2D eigenvalue weighted by Crippen LogP contribution is -2.24. The third-order valence-corrected chi connectivity index (χ3v) is 4.99. The highest BCUT2D eigenvalue weighted by molar-refractivity contribution is 7.17. The first-order chi connectivity index (χ1) is 12.0. The van der Waals surface area contributed by atoms with E-state index < -0.39 is 11.6 Å². The van der Waals surface area contributed by atoms with Gasteiger partial charge in [0, 0.05) is 16.4 Å². The van der Waals surface area contributed by atoms with Gasteiger partial charge in [-0.15, -0.1) is 11.3 Å². The second kappa shape index (κ2) is 7.76. The predicted molar refractivity (Wildman–Crippen MR) is 97.2 cm³/mol. The summed E-state index contributed by atoms with van der Waals surface area (Å²) in [6.45, 7) is 0.484. The smallest absolute Gasteiger partial charge is 0.261 e. The third kappa shape index (κ3) is 4.44. The molecule has 3 aromatic rings. The molecule has 1 aromatic heterocycles. The van der Waals surface area contributed by atoms with E-state index in [2.05, 4.69) is 5.32 Å². The molecule has 1 N–H and O–H groups in total. The summed E-state index contributed by atoms with van der Waals surface area (Å²) in [5.41, 5.74) is 1.59. The van der Waals surface area contributed by atoms with Crippen molar-refractivity contribution in [3.8, 4) is 10.4 Å². The molecule has 0 spiro atoms. The number of benzene rings is 2. The number of rotatable bonds is 5. The minimum Gasteiger partial charge on any atom is -0.351 e. The summed E-state index contributed by atoms with van der Waals surface area (Å²) in [7, 11) is 0. The normalized spacial score (nSPS) is 10.7. The van der Waals surface area contributed by atoms with Crippen LogP contribution in [-0.2, 0) is 6.42 Å². The number of hydrogen-bond donors (Lipinski definition) is 1. The number of halogens is 3. The fraction of sp³-hybridized carbons (Fsp3) is 0.105. The Labute approximate surface area is 153 Å². The average molecular weight is 378 g/mol. The van der Waals surface area contributed by atoms with Crippen molar-refractivity contribution >= 4 is 28.8 Å². The molecule has 0 radical (unpaired) electrons. The Morgan fingerprint density at radius 1 is 1.04 bits per heavy atom. The maximum Gasteiger partial charge on any atom is 0.261 e. The Balaban J connectivity index is 1.61. The van der Waals surface area contributed by atoms with Crippen molar-refractivity contribution in [2.24, 2.45) is 0 Å². The van der Waals surface area contributed by atoms with Crippen LogP contribution in [0.5, 0.6) is 0 Å². The lowest BCUT2D eigenvalue weighted by molar-refractivity contribution is 0.0958. The van der Waals surface area contributed by atoms with Gasteiger partial charge < -0.3 is 5.32 Å². The molecule has 25 heavy (non-hydrogen) atoms. The zero-order valence-electron chi connectivity index (χ0n) is 13.1. The minimum absolute atomic E-state index is 0.194. The molecule has 2 aromatic carbocycles. The van der Waals surface area contributed by atoms with Crippen LogP contribution in [0.3, 0.4) is 0 Å². The van der Waals surface area contributed by atoms with Crippen molar-refractivity contribution in [3.05, 3.63) is 81.7 Å². The van der Waals surface area contributed by atoms with Gasteiger partial charge in [0.05, 0.1) is 4.88 Å². The summed E-state index contributed by atoms with van der Waals surface area (Å²) >= 11 is 7.16. The molecule has 0 aliphatic heterocycles. The molecule has 0 bridgehead atoms. The summed E-state index contributed by atoms with van der Waals surface area (Å²) in [4.78, 5) is 13.4. The first-order valence-corrected chi connectivity index (χ1v) is 8.80. The topological polar surface area (TPSA) is 29.1 Å². The molecule has 2 nitrogen and oxygen atoms in total. The Hall–Kier alpha value is -2.24. The number of amides is 1. The van der Waals surface area contributed by atoms with Crippen molar-refractivity contribution in [1.82, 2.24) is 5.32 Å². The molecule has 3 rings (SSSR count). The Morgan fingerprint density at radius 2 is 1.88 bits per heavy atom. The average Bonchev–Trinajstić information content (AvgIpc) is 3.07.